The summed E-state index contributed by atoms with van der Waals surface area (Å²) in [4.78, 5) is 8.20. The third kappa shape index (κ3) is 2.66. The predicted molar refractivity (Wildman–Crippen MR) is 83.8 cm³/mol. The van der Waals surface area contributed by atoms with Crippen molar-refractivity contribution in [1.82, 2.24) is 4.98 Å². The fourth-order valence-electron chi connectivity index (χ4n) is 2.06. The maximum Gasteiger partial charge on any atom is 0.154 e. The molecule has 0 bridgehead atoms. The summed E-state index contributed by atoms with van der Waals surface area (Å²) in [6.07, 6.45) is 3.09. The molecule has 0 saturated carbocycles. The van der Waals surface area contributed by atoms with Gasteiger partial charge in [-0.1, -0.05) is 23.7 Å². The van der Waals surface area contributed by atoms with Crippen LogP contribution in [0.5, 0.6) is 11.5 Å². The summed E-state index contributed by atoms with van der Waals surface area (Å²) in [5.41, 5.74) is 1.03. The normalized spacial score (nSPS) is 11.3. The molecule has 0 saturated heterocycles. The van der Waals surface area contributed by atoms with Crippen LogP contribution < -0.4 is 0 Å². The van der Waals surface area contributed by atoms with E-state index in [1.807, 2.05) is 0 Å². The van der Waals surface area contributed by atoms with Gasteiger partial charge in [-0.2, -0.15) is 0 Å². The van der Waals surface area contributed by atoms with Crippen molar-refractivity contribution in [2.24, 2.45) is 4.99 Å². The summed E-state index contributed by atoms with van der Waals surface area (Å²) in [5, 5.41) is 21.5. The van der Waals surface area contributed by atoms with E-state index in [1.54, 1.807) is 48.7 Å². The Kier molecular flexibility index (Phi) is 3.46. The van der Waals surface area contributed by atoms with Crippen LogP contribution >= 0.6 is 11.6 Å². The molecule has 0 unspecified atom stereocenters. The first-order valence-electron chi connectivity index (χ1n) is 6.24. The van der Waals surface area contributed by atoms with Gasteiger partial charge >= 0.3 is 0 Å². The molecule has 104 valence electrons. The van der Waals surface area contributed by atoms with E-state index in [0.29, 0.717) is 16.6 Å². The fraction of sp³-hybridized carbons (Fsp3) is 0. The van der Waals surface area contributed by atoms with Gasteiger partial charge in [-0.3, -0.25) is 4.99 Å². The zero-order valence-corrected chi connectivity index (χ0v) is 11.6. The number of aromatic nitrogens is 1. The van der Waals surface area contributed by atoms with E-state index < -0.39 is 0 Å². The molecule has 0 spiro atoms. The van der Waals surface area contributed by atoms with E-state index in [1.165, 1.54) is 6.21 Å². The second kappa shape index (κ2) is 5.42. The molecule has 3 rings (SSSR count). The molecular weight excluding hydrogens is 288 g/mol. The lowest BCUT2D eigenvalue weighted by atomic mass is 10.0. The Bertz CT molecular complexity index is 842. The van der Waals surface area contributed by atoms with E-state index >= 15 is 0 Å². The number of hydrogen-bond acceptors (Lipinski definition) is 4. The quantitative estimate of drug-likeness (QED) is 0.554. The molecule has 0 aliphatic rings. The second-order valence-electron chi connectivity index (χ2n) is 4.48. The van der Waals surface area contributed by atoms with Crippen molar-refractivity contribution in [3.63, 3.8) is 0 Å². The van der Waals surface area contributed by atoms with Crippen LogP contribution in [0.1, 0.15) is 5.56 Å². The summed E-state index contributed by atoms with van der Waals surface area (Å²) < 4.78 is 0. The molecule has 2 N–H and O–H groups in total. The van der Waals surface area contributed by atoms with Gasteiger partial charge in [0.25, 0.3) is 0 Å². The van der Waals surface area contributed by atoms with E-state index in [9.17, 15) is 10.2 Å². The third-order valence-corrected chi connectivity index (χ3v) is 3.39. The molecule has 0 amide bonds. The standard InChI is InChI=1S/C16H11ClN2O2/c17-16-14(2-1-7-18-16)19-9-13-12-8-11(20)5-3-10(12)4-6-15(13)21/h1-9,20-21H. The van der Waals surface area contributed by atoms with Crippen LogP contribution in [-0.2, 0) is 0 Å². The van der Waals surface area contributed by atoms with Gasteiger partial charge in [0.05, 0.1) is 0 Å². The summed E-state index contributed by atoms with van der Waals surface area (Å²) in [5.74, 6) is 0.207. The van der Waals surface area contributed by atoms with Gasteiger partial charge in [0, 0.05) is 18.0 Å². The highest BCUT2D eigenvalue weighted by Crippen LogP contribution is 2.29. The van der Waals surface area contributed by atoms with Crippen molar-refractivity contribution in [2.45, 2.75) is 0 Å². The second-order valence-corrected chi connectivity index (χ2v) is 4.83. The highest BCUT2D eigenvalue weighted by atomic mass is 35.5. The number of phenolic OH excluding ortho intramolecular Hbond substituents is 2. The van der Waals surface area contributed by atoms with Crippen LogP contribution in [0.15, 0.2) is 53.7 Å². The summed E-state index contributed by atoms with van der Waals surface area (Å²) >= 11 is 5.95. The smallest absolute Gasteiger partial charge is 0.154 e. The number of aromatic hydroxyl groups is 2. The van der Waals surface area contributed by atoms with Crippen LogP contribution in [0.25, 0.3) is 10.8 Å². The maximum absolute atomic E-state index is 10.0. The van der Waals surface area contributed by atoms with Gasteiger partial charge in [0.1, 0.15) is 17.2 Å². The number of benzene rings is 2. The Hall–Kier alpha value is -2.59. The van der Waals surface area contributed by atoms with Gasteiger partial charge in [0.2, 0.25) is 0 Å². The minimum atomic E-state index is 0.0804. The summed E-state index contributed by atoms with van der Waals surface area (Å²) in [6, 6.07) is 11.8. The first-order chi connectivity index (χ1) is 10.1. The minimum Gasteiger partial charge on any atom is -0.508 e. The summed E-state index contributed by atoms with van der Waals surface area (Å²) in [7, 11) is 0. The molecule has 1 heterocycles. The number of nitrogens with zero attached hydrogens (tertiary/aromatic N) is 2. The Balaban J connectivity index is 2.14. The van der Waals surface area contributed by atoms with Crippen LogP contribution in [0, 0.1) is 0 Å². The highest BCUT2D eigenvalue weighted by Gasteiger charge is 2.06. The average molecular weight is 299 g/mol. The molecule has 0 aliphatic carbocycles. The lowest BCUT2D eigenvalue weighted by Crippen LogP contribution is -1.86. The zero-order chi connectivity index (χ0) is 14.8. The van der Waals surface area contributed by atoms with E-state index in [4.69, 9.17) is 11.6 Å². The van der Waals surface area contributed by atoms with Crippen LogP contribution in [0.2, 0.25) is 5.15 Å². The SMILES string of the molecule is Oc1ccc2ccc(O)c(C=Nc3cccnc3Cl)c2c1. The van der Waals surface area contributed by atoms with E-state index in [0.717, 1.165) is 5.39 Å². The Morgan fingerprint density at radius 3 is 2.71 bits per heavy atom. The topological polar surface area (TPSA) is 65.7 Å². The Morgan fingerprint density at radius 2 is 1.90 bits per heavy atom. The molecule has 0 aliphatic heterocycles. The van der Waals surface area contributed by atoms with E-state index in [-0.39, 0.29) is 16.7 Å². The van der Waals surface area contributed by atoms with Gasteiger partial charge in [-0.25, -0.2) is 4.98 Å². The molecule has 0 atom stereocenters. The number of fused-ring (bicyclic) bond motifs is 1. The maximum atomic E-state index is 10.0. The molecule has 5 heteroatoms. The van der Waals surface area contributed by atoms with Gasteiger partial charge in [-0.15, -0.1) is 0 Å². The zero-order valence-electron chi connectivity index (χ0n) is 10.9. The molecule has 21 heavy (non-hydrogen) atoms. The number of rotatable bonds is 2. The van der Waals surface area contributed by atoms with Crippen molar-refractivity contribution < 1.29 is 10.2 Å². The fourth-order valence-corrected chi connectivity index (χ4v) is 2.23. The first-order valence-corrected chi connectivity index (χ1v) is 6.62. The summed E-state index contributed by atoms with van der Waals surface area (Å²) in [6.45, 7) is 0. The largest absolute Gasteiger partial charge is 0.508 e. The first kappa shape index (κ1) is 13.4. The van der Waals surface area contributed by atoms with Crippen LogP contribution in [0.4, 0.5) is 5.69 Å². The van der Waals surface area contributed by atoms with Gasteiger partial charge in [-0.05, 0) is 41.1 Å². The molecule has 3 aromatic rings. The predicted octanol–water partition coefficient (Wildman–Crippen LogP) is 4.05. The average Bonchev–Trinajstić information content (AvgIpc) is 2.48. The minimum absolute atomic E-state index is 0.0804. The number of halogens is 1. The number of aliphatic imine (C=N–C) groups is 1. The monoisotopic (exact) mass is 298 g/mol. The number of phenols is 2. The molecule has 2 aromatic carbocycles. The molecule has 0 fully saturated rings. The van der Waals surface area contributed by atoms with Crippen molar-refractivity contribution in [3.05, 3.63) is 59.4 Å². The Labute approximate surface area is 126 Å². The molecule has 4 nitrogen and oxygen atoms in total. The van der Waals surface area contributed by atoms with Crippen molar-refractivity contribution in [1.29, 1.82) is 0 Å². The van der Waals surface area contributed by atoms with Crippen molar-refractivity contribution >= 4 is 34.3 Å². The van der Waals surface area contributed by atoms with E-state index in [2.05, 4.69) is 9.98 Å². The van der Waals surface area contributed by atoms with Crippen LogP contribution in [0.3, 0.4) is 0 Å². The molecule has 1 aromatic heterocycles. The Morgan fingerprint density at radius 1 is 1.10 bits per heavy atom. The van der Waals surface area contributed by atoms with Gasteiger partial charge < -0.3 is 10.2 Å². The van der Waals surface area contributed by atoms with Crippen LogP contribution in [-0.4, -0.2) is 21.4 Å². The number of hydrogen-bond donors (Lipinski definition) is 2. The van der Waals surface area contributed by atoms with Crippen molar-refractivity contribution in [2.75, 3.05) is 0 Å². The van der Waals surface area contributed by atoms with Crippen molar-refractivity contribution in [3.8, 4) is 11.5 Å². The highest BCUT2D eigenvalue weighted by molar-refractivity contribution is 6.31. The van der Waals surface area contributed by atoms with Gasteiger partial charge in [0.15, 0.2) is 5.15 Å². The number of pyridine rings is 1. The lowest BCUT2D eigenvalue weighted by Gasteiger charge is -2.05. The lowest BCUT2D eigenvalue weighted by molar-refractivity contribution is 0.474. The molecular formula is C16H11ClN2O2. The molecule has 0 radical (unpaired) electrons. The third-order valence-electron chi connectivity index (χ3n) is 3.10.